The minimum absolute atomic E-state index is 0.0601. The fourth-order valence-corrected chi connectivity index (χ4v) is 4.05. The van der Waals surface area contributed by atoms with E-state index in [0.717, 1.165) is 10.6 Å². The minimum Gasteiger partial charge on any atom is -0.481 e. The number of hydrogen-bond donors (Lipinski definition) is 4. The summed E-state index contributed by atoms with van der Waals surface area (Å²) < 4.78 is 38.6. The molecule has 38 heavy (non-hydrogen) atoms. The number of aliphatic carboxylic acids is 1. The predicted molar refractivity (Wildman–Crippen MR) is 145 cm³/mol. The van der Waals surface area contributed by atoms with Crippen molar-refractivity contribution in [2.45, 2.75) is 57.7 Å². The van der Waals surface area contributed by atoms with Crippen molar-refractivity contribution in [3.05, 3.63) is 47.4 Å². The van der Waals surface area contributed by atoms with E-state index in [-0.39, 0.29) is 18.3 Å². The Hall–Kier alpha value is -2.93. The zero-order chi connectivity index (χ0) is 28.5. The molecular formula is C26H37FN4O6S. The van der Waals surface area contributed by atoms with Gasteiger partial charge >= 0.3 is 5.97 Å². The van der Waals surface area contributed by atoms with Crippen LogP contribution in [0.4, 0.5) is 10.3 Å². The first-order valence-electron chi connectivity index (χ1n) is 12.4. The smallest absolute Gasteiger partial charge is 0.305 e. The lowest BCUT2D eigenvalue weighted by molar-refractivity contribution is -0.139. The van der Waals surface area contributed by atoms with E-state index in [1.54, 1.807) is 0 Å². The van der Waals surface area contributed by atoms with Crippen LogP contribution in [-0.2, 0) is 14.8 Å². The first-order valence-corrected chi connectivity index (χ1v) is 14.2. The lowest BCUT2D eigenvalue weighted by atomic mass is 9.97. The molecule has 0 bridgehead atoms. The van der Waals surface area contributed by atoms with Crippen LogP contribution in [0.1, 0.15) is 56.7 Å². The molecule has 1 fully saturated rings. The Balaban J connectivity index is 0.000000904. The van der Waals surface area contributed by atoms with Crippen LogP contribution in [-0.4, -0.2) is 78.3 Å². The zero-order valence-corrected chi connectivity index (χ0v) is 22.9. The summed E-state index contributed by atoms with van der Waals surface area (Å²) in [5, 5.41) is 32.0. The number of benzene rings is 1. The summed E-state index contributed by atoms with van der Waals surface area (Å²) in [6.45, 7) is 6.21. The Kier molecular flexibility index (Phi) is 11.8. The Morgan fingerprint density at radius 3 is 2.24 bits per heavy atom. The summed E-state index contributed by atoms with van der Waals surface area (Å²) in [5.74, 6) is -1.87. The number of anilines is 1. The van der Waals surface area contributed by atoms with Crippen LogP contribution in [0.2, 0.25) is 0 Å². The van der Waals surface area contributed by atoms with E-state index < -0.39 is 40.4 Å². The molecule has 2 atom stereocenters. The number of carbonyl (C=O) groups is 1. The first-order chi connectivity index (χ1) is 17.8. The second kappa shape index (κ2) is 14.3. The lowest BCUT2D eigenvalue weighted by Gasteiger charge is -2.20. The largest absolute Gasteiger partial charge is 0.481 e. The summed E-state index contributed by atoms with van der Waals surface area (Å²) >= 11 is 0. The summed E-state index contributed by atoms with van der Waals surface area (Å²) in [4.78, 5) is 19.6. The molecule has 10 nitrogen and oxygen atoms in total. The van der Waals surface area contributed by atoms with E-state index in [4.69, 9.17) is 5.11 Å². The maximum Gasteiger partial charge on any atom is 0.305 e. The molecule has 4 N–H and O–H groups in total. The summed E-state index contributed by atoms with van der Waals surface area (Å²) in [5.41, 5.74) is 1.80. The van der Waals surface area contributed by atoms with E-state index in [2.05, 4.69) is 15.3 Å². The highest BCUT2D eigenvalue weighted by atomic mass is 32.2. The van der Waals surface area contributed by atoms with Gasteiger partial charge in [0.2, 0.25) is 16.0 Å². The third-order valence-electron chi connectivity index (χ3n) is 5.77. The highest BCUT2D eigenvalue weighted by Gasteiger charge is 2.22. The van der Waals surface area contributed by atoms with Crippen LogP contribution < -0.4 is 9.62 Å². The van der Waals surface area contributed by atoms with E-state index >= 15 is 0 Å². The predicted octanol–water partition coefficient (Wildman–Crippen LogP) is 2.77. The summed E-state index contributed by atoms with van der Waals surface area (Å²) in [7, 11) is -2.33. The van der Waals surface area contributed by atoms with Crippen LogP contribution in [0.3, 0.4) is 0 Å². The standard InChI is InChI=1S/C22H28FN3O6S.C4H9N/c1-13(2)20-18(10-9-16(27)11-17(28)12-19(29)30)21(14-5-7-15(23)8-6-14)25-22(24-20)26(3)33(4,31)32;1-2-4-5-3-1/h5-10,13,16-17,27-28H,11-12H2,1-4H3,(H,29,30);5H,1-4H2/b10-9+;/t16-,17-;/m1./s1. The van der Waals surface area contributed by atoms with Gasteiger partial charge in [-0.25, -0.2) is 27.1 Å². The minimum atomic E-state index is -3.65. The van der Waals surface area contributed by atoms with Crippen molar-refractivity contribution >= 4 is 28.0 Å². The highest BCUT2D eigenvalue weighted by Crippen LogP contribution is 2.31. The zero-order valence-electron chi connectivity index (χ0n) is 22.1. The molecule has 0 unspecified atom stereocenters. The molecule has 0 radical (unpaired) electrons. The number of halogens is 1. The van der Waals surface area contributed by atoms with Crippen molar-refractivity contribution < 1.29 is 32.9 Å². The molecule has 1 saturated heterocycles. The number of carboxylic acids is 1. The van der Waals surface area contributed by atoms with Crippen molar-refractivity contribution in [1.82, 2.24) is 15.3 Å². The van der Waals surface area contributed by atoms with E-state index in [0.29, 0.717) is 22.5 Å². The van der Waals surface area contributed by atoms with Crippen LogP contribution in [0.15, 0.2) is 30.3 Å². The van der Waals surface area contributed by atoms with Gasteiger partial charge in [0.15, 0.2) is 0 Å². The van der Waals surface area contributed by atoms with Crippen molar-refractivity contribution in [2.24, 2.45) is 0 Å². The van der Waals surface area contributed by atoms with Gasteiger partial charge in [-0.05, 0) is 56.1 Å². The molecule has 1 aliphatic heterocycles. The molecule has 12 heteroatoms. The average Bonchev–Trinajstić information content (AvgIpc) is 3.41. The van der Waals surface area contributed by atoms with Crippen LogP contribution in [0.25, 0.3) is 17.3 Å². The van der Waals surface area contributed by atoms with Crippen LogP contribution in [0.5, 0.6) is 0 Å². The molecular weight excluding hydrogens is 515 g/mol. The SMILES string of the molecule is C1CCNC1.CC(C)c1nc(N(C)S(C)(=O)=O)nc(-c2ccc(F)cc2)c1/C=C/[C@@H](O)C[C@@H](O)CC(=O)O. The number of nitrogens with one attached hydrogen (secondary N) is 1. The van der Waals surface area contributed by atoms with Gasteiger partial charge in [-0.2, -0.15) is 0 Å². The van der Waals surface area contributed by atoms with Gasteiger partial charge in [-0.15, -0.1) is 0 Å². The normalized spacial score (nSPS) is 15.3. The molecule has 0 saturated carbocycles. The number of aromatic nitrogens is 2. The van der Waals surface area contributed by atoms with Crippen molar-refractivity contribution in [1.29, 1.82) is 0 Å². The van der Waals surface area contributed by atoms with Gasteiger partial charge in [-0.1, -0.05) is 26.0 Å². The van der Waals surface area contributed by atoms with Gasteiger partial charge in [0, 0.05) is 24.6 Å². The number of aliphatic hydroxyl groups excluding tert-OH is 2. The number of carboxylic acid groups (broad SMARTS) is 1. The van der Waals surface area contributed by atoms with Crippen molar-refractivity contribution in [3.8, 4) is 11.3 Å². The van der Waals surface area contributed by atoms with Gasteiger partial charge in [-0.3, -0.25) is 4.79 Å². The lowest BCUT2D eigenvalue weighted by Crippen LogP contribution is -2.27. The summed E-state index contributed by atoms with van der Waals surface area (Å²) in [6, 6.07) is 5.49. The fourth-order valence-electron chi connectivity index (χ4n) is 3.67. The van der Waals surface area contributed by atoms with Crippen molar-refractivity contribution in [2.75, 3.05) is 30.7 Å². The number of hydrogen-bond acceptors (Lipinski definition) is 8. The fraction of sp³-hybridized carbons (Fsp3) is 0.500. The molecule has 210 valence electrons. The maximum absolute atomic E-state index is 13.5. The summed E-state index contributed by atoms with van der Waals surface area (Å²) in [6.07, 6.45) is 3.64. The van der Waals surface area contributed by atoms with E-state index in [1.807, 2.05) is 13.8 Å². The number of nitrogens with zero attached hydrogens (tertiary/aromatic N) is 3. The van der Waals surface area contributed by atoms with Crippen LogP contribution >= 0.6 is 0 Å². The topological polar surface area (TPSA) is 153 Å². The molecule has 0 spiro atoms. The van der Waals surface area contributed by atoms with Gasteiger partial charge in [0.1, 0.15) is 5.82 Å². The third-order valence-corrected chi connectivity index (χ3v) is 6.93. The van der Waals surface area contributed by atoms with Crippen LogP contribution in [0, 0.1) is 5.82 Å². The quantitative estimate of drug-likeness (QED) is 0.348. The Morgan fingerprint density at radius 2 is 1.76 bits per heavy atom. The molecule has 1 aromatic carbocycles. The molecule has 0 amide bonds. The van der Waals surface area contributed by atoms with Gasteiger partial charge in [0.05, 0.1) is 36.3 Å². The molecule has 0 aliphatic carbocycles. The molecule has 3 rings (SSSR count). The monoisotopic (exact) mass is 552 g/mol. The number of rotatable bonds is 10. The highest BCUT2D eigenvalue weighted by molar-refractivity contribution is 7.92. The second-order valence-corrected chi connectivity index (χ2v) is 11.4. The molecule has 2 heterocycles. The third kappa shape index (κ3) is 9.75. The molecule has 1 aliphatic rings. The van der Waals surface area contributed by atoms with Gasteiger partial charge in [0.25, 0.3) is 0 Å². The second-order valence-electron chi connectivity index (χ2n) is 9.43. The maximum atomic E-state index is 13.5. The molecule has 2 aromatic rings. The average molecular weight is 553 g/mol. The number of aliphatic hydroxyl groups is 2. The van der Waals surface area contributed by atoms with E-state index in [1.165, 1.54) is 69.4 Å². The Labute approximate surface area is 223 Å². The van der Waals surface area contributed by atoms with Crippen molar-refractivity contribution in [3.63, 3.8) is 0 Å². The van der Waals surface area contributed by atoms with Gasteiger partial charge < -0.3 is 20.6 Å². The Bertz CT molecular complexity index is 1190. The van der Waals surface area contributed by atoms with E-state index in [9.17, 15) is 27.8 Å². The Morgan fingerprint density at radius 1 is 1.16 bits per heavy atom. The first kappa shape index (κ1) is 31.3. The molecule has 1 aromatic heterocycles. The number of sulfonamides is 1.